The Hall–Kier alpha value is -2.10. The van der Waals surface area contributed by atoms with E-state index in [-0.39, 0.29) is 11.9 Å². The number of hydrogen-bond donors (Lipinski definition) is 1. The van der Waals surface area contributed by atoms with E-state index in [1.807, 2.05) is 29.1 Å². The first-order valence-corrected chi connectivity index (χ1v) is 9.06. The predicted octanol–water partition coefficient (Wildman–Crippen LogP) is 3.49. The molecule has 0 spiro atoms. The number of fused-ring (bicyclic) bond motifs is 2. The second-order valence-corrected chi connectivity index (χ2v) is 7.51. The molecular weight excluding hydrogens is 298 g/mol. The third-order valence-corrected chi connectivity index (χ3v) is 5.88. The van der Waals surface area contributed by atoms with Crippen LogP contribution in [0.5, 0.6) is 0 Å². The van der Waals surface area contributed by atoms with Crippen molar-refractivity contribution in [2.45, 2.75) is 45.2 Å². The molecule has 0 aliphatic heterocycles. The van der Waals surface area contributed by atoms with Crippen molar-refractivity contribution in [3.63, 3.8) is 0 Å². The van der Waals surface area contributed by atoms with Gasteiger partial charge in [0.05, 0.1) is 18.3 Å². The smallest absolute Gasteiger partial charge is 0.254 e. The van der Waals surface area contributed by atoms with Crippen molar-refractivity contribution >= 4 is 5.91 Å². The van der Waals surface area contributed by atoms with Crippen LogP contribution < -0.4 is 5.32 Å². The second-order valence-electron chi connectivity index (χ2n) is 7.51. The normalized spacial score (nSPS) is 26.5. The van der Waals surface area contributed by atoms with Crippen LogP contribution in [0.1, 0.15) is 48.5 Å². The maximum atomic E-state index is 12.5. The van der Waals surface area contributed by atoms with Crippen LogP contribution >= 0.6 is 0 Å². The molecule has 2 aliphatic rings. The molecule has 4 rings (SSSR count). The Balaban J connectivity index is 1.36. The molecule has 126 valence electrons. The van der Waals surface area contributed by atoms with E-state index in [0.29, 0.717) is 18.0 Å². The van der Waals surface area contributed by atoms with E-state index < -0.39 is 0 Å². The minimum absolute atomic E-state index is 0.00425. The highest BCUT2D eigenvalue weighted by molar-refractivity contribution is 5.93. The summed E-state index contributed by atoms with van der Waals surface area (Å²) < 4.78 is 1.83. The quantitative estimate of drug-likeness (QED) is 0.915. The van der Waals surface area contributed by atoms with Gasteiger partial charge in [0, 0.05) is 12.2 Å². The summed E-state index contributed by atoms with van der Waals surface area (Å²) in [5.41, 5.74) is 1.84. The first-order chi connectivity index (χ1) is 11.7. The fraction of sp³-hybridized carbons (Fsp3) is 0.500. The van der Waals surface area contributed by atoms with Crippen LogP contribution in [-0.4, -0.2) is 21.7 Å². The summed E-state index contributed by atoms with van der Waals surface area (Å²) in [5.74, 6) is 2.40. The molecule has 4 nitrogen and oxygen atoms in total. The highest BCUT2D eigenvalue weighted by Gasteiger charge is 2.42. The van der Waals surface area contributed by atoms with Gasteiger partial charge in [-0.15, -0.1) is 0 Å². The molecule has 1 aromatic carbocycles. The molecule has 2 aromatic rings. The number of hydrogen-bond acceptors (Lipinski definition) is 2. The zero-order valence-corrected chi connectivity index (χ0v) is 14.2. The summed E-state index contributed by atoms with van der Waals surface area (Å²) in [5, 5.41) is 7.54. The average molecular weight is 323 g/mol. The van der Waals surface area contributed by atoms with Gasteiger partial charge in [0.15, 0.2) is 0 Å². The van der Waals surface area contributed by atoms with Gasteiger partial charge < -0.3 is 5.32 Å². The van der Waals surface area contributed by atoms with Crippen molar-refractivity contribution in [1.82, 2.24) is 15.1 Å². The molecule has 2 bridgehead atoms. The maximum absolute atomic E-state index is 12.5. The molecule has 1 amide bonds. The molecule has 4 unspecified atom stereocenters. The molecule has 2 fully saturated rings. The van der Waals surface area contributed by atoms with Crippen LogP contribution in [0.4, 0.5) is 0 Å². The Bertz CT molecular complexity index is 709. The van der Waals surface area contributed by atoms with E-state index in [1.165, 1.54) is 31.2 Å². The zero-order chi connectivity index (χ0) is 16.5. The second kappa shape index (κ2) is 6.42. The van der Waals surface area contributed by atoms with Crippen LogP contribution in [0, 0.1) is 17.8 Å². The van der Waals surface area contributed by atoms with Crippen LogP contribution in [-0.2, 0) is 6.54 Å². The van der Waals surface area contributed by atoms with Crippen molar-refractivity contribution in [3.8, 4) is 0 Å². The first kappa shape index (κ1) is 15.4. The van der Waals surface area contributed by atoms with E-state index in [0.717, 1.165) is 11.8 Å². The van der Waals surface area contributed by atoms with Crippen molar-refractivity contribution in [1.29, 1.82) is 0 Å². The first-order valence-electron chi connectivity index (χ1n) is 9.06. The lowest BCUT2D eigenvalue weighted by Gasteiger charge is -2.28. The third-order valence-electron chi connectivity index (χ3n) is 5.88. The summed E-state index contributed by atoms with van der Waals surface area (Å²) in [4.78, 5) is 12.5. The SMILES string of the molecule is CC(NC(=O)c1cnn(Cc2ccccc2)c1)C1CC2CCC1C2. The number of nitrogens with one attached hydrogen (secondary N) is 1. The Kier molecular flexibility index (Phi) is 4.13. The maximum Gasteiger partial charge on any atom is 0.254 e. The number of aromatic nitrogens is 2. The van der Waals surface area contributed by atoms with E-state index in [2.05, 4.69) is 29.5 Å². The number of amides is 1. The molecule has 4 atom stereocenters. The molecule has 2 aliphatic carbocycles. The van der Waals surface area contributed by atoms with Gasteiger partial charge in [-0.1, -0.05) is 36.8 Å². The number of carbonyl (C=O) groups is 1. The summed E-state index contributed by atoms with van der Waals surface area (Å²) in [6, 6.07) is 10.4. The molecule has 2 saturated carbocycles. The molecule has 24 heavy (non-hydrogen) atoms. The molecular formula is C20H25N3O. The molecule has 0 saturated heterocycles. The Labute approximate surface area is 143 Å². The monoisotopic (exact) mass is 323 g/mol. The minimum atomic E-state index is 0.00425. The summed E-state index contributed by atoms with van der Waals surface area (Å²) in [6.45, 7) is 2.85. The summed E-state index contributed by atoms with van der Waals surface area (Å²) in [6.07, 6.45) is 8.93. The lowest BCUT2D eigenvalue weighted by molar-refractivity contribution is 0.0915. The van der Waals surface area contributed by atoms with Gasteiger partial charge in [-0.05, 0) is 49.5 Å². The molecule has 0 radical (unpaired) electrons. The van der Waals surface area contributed by atoms with Gasteiger partial charge in [-0.2, -0.15) is 5.10 Å². The van der Waals surface area contributed by atoms with Crippen LogP contribution in [0.25, 0.3) is 0 Å². The van der Waals surface area contributed by atoms with Gasteiger partial charge in [0.1, 0.15) is 0 Å². The molecule has 1 heterocycles. The van der Waals surface area contributed by atoms with Crippen molar-refractivity contribution in [2.75, 3.05) is 0 Å². The Morgan fingerprint density at radius 3 is 2.83 bits per heavy atom. The molecule has 4 heteroatoms. The lowest BCUT2D eigenvalue weighted by Crippen LogP contribution is -2.40. The summed E-state index contributed by atoms with van der Waals surface area (Å²) in [7, 11) is 0. The van der Waals surface area contributed by atoms with E-state index in [1.54, 1.807) is 6.20 Å². The zero-order valence-electron chi connectivity index (χ0n) is 14.2. The van der Waals surface area contributed by atoms with E-state index in [4.69, 9.17) is 0 Å². The van der Waals surface area contributed by atoms with Crippen molar-refractivity contribution in [2.24, 2.45) is 17.8 Å². The van der Waals surface area contributed by atoms with Crippen LogP contribution in [0.15, 0.2) is 42.7 Å². The largest absolute Gasteiger partial charge is 0.349 e. The van der Waals surface area contributed by atoms with Crippen molar-refractivity contribution < 1.29 is 4.79 Å². The predicted molar refractivity (Wildman–Crippen MR) is 93.6 cm³/mol. The number of carbonyl (C=O) groups excluding carboxylic acids is 1. The number of nitrogens with zero attached hydrogens (tertiary/aromatic N) is 2. The molecule has 1 aromatic heterocycles. The Morgan fingerprint density at radius 2 is 2.12 bits per heavy atom. The van der Waals surface area contributed by atoms with Gasteiger partial charge in [-0.25, -0.2) is 0 Å². The summed E-state index contributed by atoms with van der Waals surface area (Å²) >= 11 is 0. The number of benzene rings is 1. The minimum Gasteiger partial charge on any atom is -0.349 e. The Morgan fingerprint density at radius 1 is 1.29 bits per heavy atom. The van der Waals surface area contributed by atoms with Gasteiger partial charge in [-0.3, -0.25) is 9.48 Å². The van der Waals surface area contributed by atoms with Gasteiger partial charge >= 0.3 is 0 Å². The fourth-order valence-corrected chi connectivity index (χ4v) is 4.64. The molecule has 1 N–H and O–H groups in total. The third kappa shape index (κ3) is 3.10. The highest BCUT2D eigenvalue weighted by Crippen LogP contribution is 2.49. The standard InChI is InChI=1S/C20H25N3O/c1-14(19-10-16-7-8-17(19)9-16)22-20(24)18-11-21-23(13-18)12-15-5-3-2-4-6-15/h2-6,11,13-14,16-17,19H,7-10,12H2,1H3,(H,22,24). The van der Waals surface area contributed by atoms with Crippen molar-refractivity contribution in [3.05, 3.63) is 53.9 Å². The van der Waals surface area contributed by atoms with Crippen LogP contribution in [0.3, 0.4) is 0 Å². The van der Waals surface area contributed by atoms with E-state index in [9.17, 15) is 4.79 Å². The lowest BCUT2D eigenvalue weighted by atomic mass is 9.84. The highest BCUT2D eigenvalue weighted by atomic mass is 16.1. The fourth-order valence-electron chi connectivity index (χ4n) is 4.64. The van der Waals surface area contributed by atoms with E-state index >= 15 is 0 Å². The van der Waals surface area contributed by atoms with Gasteiger partial charge in [0.25, 0.3) is 5.91 Å². The average Bonchev–Trinajstić information content (AvgIpc) is 3.32. The number of rotatable bonds is 5. The topological polar surface area (TPSA) is 46.9 Å². The van der Waals surface area contributed by atoms with Crippen LogP contribution in [0.2, 0.25) is 0 Å². The van der Waals surface area contributed by atoms with Gasteiger partial charge in [0.2, 0.25) is 0 Å².